The van der Waals surface area contributed by atoms with E-state index in [0.29, 0.717) is 6.04 Å². The SMILES string of the molecule is CNC1CCC(O)(Cc2ccc(Br)s2)CC1. The first-order chi connectivity index (χ1) is 7.61. The van der Waals surface area contributed by atoms with E-state index in [1.54, 1.807) is 11.3 Å². The fourth-order valence-electron chi connectivity index (χ4n) is 2.39. The number of rotatable bonds is 3. The topological polar surface area (TPSA) is 32.3 Å². The van der Waals surface area contributed by atoms with Crippen molar-refractivity contribution in [3.63, 3.8) is 0 Å². The van der Waals surface area contributed by atoms with Crippen LogP contribution in [0.15, 0.2) is 15.9 Å². The van der Waals surface area contributed by atoms with Crippen LogP contribution in [0, 0.1) is 0 Å². The van der Waals surface area contributed by atoms with Gasteiger partial charge in [-0.05, 0) is 60.8 Å². The molecule has 0 amide bonds. The van der Waals surface area contributed by atoms with E-state index in [1.165, 1.54) is 4.88 Å². The van der Waals surface area contributed by atoms with Crippen LogP contribution >= 0.6 is 27.3 Å². The lowest BCUT2D eigenvalue weighted by molar-refractivity contribution is -0.00175. The minimum Gasteiger partial charge on any atom is -0.390 e. The highest BCUT2D eigenvalue weighted by molar-refractivity contribution is 9.11. The number of halogens is 1. The van der Waals surface area contributed by atoms with Crippen molar-refractivity contribution in [2.24, 2.45) is 0 Å². The largest absolute Gasteiger partial charge is 0.390 e. The Labute approximate surface area is 109 Å². The van der Waals surface area contributed by atoms with Gasteiger partial charge in [0.2, 0.25) is 0 Å². The Balaban J connectivity index is 1.94. The number of nitrogens with one attached hydrogen (secondary N) is 1. The van der Waals surface area contributed by atoms with Crippen molar-refractivity contribution in [2.75, 3.05) is 7.05 Å². The summed E-state index contributed by atoms with van der Waals surface area (Å²) >= 11 is 5.19. The number of thiophene rings is 1. The number of aliphatic hydroxyl groups is 1. The summed E-state index contributed by atoms with van der Waals surface area (Å²) in [4.78, 5) is 1.28. The fourth-order valence-corrected chi connectivity index (χ4v) is 4.01. The first kappa shape index (κ1) is 12.6. The van der Waals surface area contributed by atoms with E-state index in [9.17, 15) is 5.11 Å². The fraction of sp³-hybridized carbons (Fsp3) is 0.667. The molecule has 0 aliphatic heterocycles. The molecule has 1 aliphatic rings. The van der Waals surface area contributed by atoms with Gasteiger partial charge >= 0.3 is 0 Å². The lowest BCUT2D eigenvalue weighted by Gasteiger charge is -2.35. The molecule has 0 bridgehead atoms. The molecule has 16 heavy (non-hydrogen) atoms. The molecule has 2 nitrogen and oxygen atoms in total. The van der Waals surface area contributed by atoms with Crippen molar-refractivity contribution < 1.29 is 5.11 Å². The van der Waals surface area contributed by atoms with Gasteiger partial charge in [-0.1, -0.05) is 0 Å². The zero-order chi connectivity index (χ0) is 11.6. The minimum absolute atomic E-state index is 0.475. The predicted molar refractivity (Wildman–Crippen MR) is 72.0 cm³/mol. The van der Waals surface area contributed by atoms with E-state index in [1.807, 2.05) is 7.05 Å². The molecule has 0 atom stereocenters. The van der Waals surface area contributed by atoms with E-state index in [0.717, 1.165) is 35.9 Å². The maximum absolute atomic E-state index is 10.5. The summed E-state index contributed by atoms with van der Waals surface area (Å²) in [7, 11) is 2.01. The lowest BCUT2D eigenvalue weighted by atomic mass is 9.80. The van der Waals surface area contributed by atoms with Gasteiger partial charge < -0.3 is 10.4 Å². The minimum atomic E-state index is -0.475. The van der Waals surface area contributed by atoms with Gasteiger partial charge in [0.25, 0.3) is 0 Å². The number of hydrogen-bond donors (Lipinski definition) is 2. The van der Waals surface area contributed by atoms with E-state index in [4.69, 9.17) is 0 Å². The monoisotopic (exact) mass is 303 g/mol. The van der Waals surface area contributed by atoms with Gasteiger partial charge in [-0.15, -0.1) is 11.3 Å². The van der Waals surface area contributed by atoms with Gasteiger partial charge in [-0.3, -0.25) is 0 Å². The summed E-state index contributed by atoms with van der Waals surface area (Å²) in [6.45, 7) is 0. The van der Waals surface area contributed by atoms with E-state index in [2.05, 4.69) is 33.4 Å². The normalized spacial score (nSPS) is 30.6. The third-order valence-corrected chi connectivity index (χ3v) is 5.08. The Morgan fingerprint density at radius 1 is 1.50 bits per heavy atom. The van der Waals surface area contributed by atoms with Gasteiger partial charge in [0.1, 0.15) is 0 Å². The van der Waals surface area contributed by atoms with Crippen LogP contribution in [0.4, 0.5) is 0 Å². The Hall–Kier alpha value is 0.1000. The first-order valence-corrected chi connectivity index (χ1v) is 7.36. The van der Waals surface area contributed by atoms with Crippen LogP contribution in [0.25, 0.3) is 0 Å². The molecule has 0 unspecified atom stereocenters. The Morgan fingerprint density at radius 2 is 2.19 bits per heavy atom. The lowest BCUT2D eigenvalue weighted by Crippen LogP contribution is -2.41. The first-order valence-electron chi connectivity index (χ1n) is 5.75. The molecule has 0 radical (unpaired) electrons. The van der Waals surface area contributed by atoms with Crippen LogP contribution in [0.3, 0.4) is 0 Å². The Kier molecular flexibility index (Phi) is 4.06. The molecular formula is C12H18BrNOS. The molecule has 1 fully saturated rings. The summed E-state index contributed by atoms with van der Waals surface area (Å²) < 4.78 is 1.15. The molecular weight excluding hydrogens is 286 g/mol. The quantitative estimate of drug-likeness (QED) is 0.900. The molecule has 1 heterocycles. The second-order valence-electron chi connectivity index (χ2n) is 4.67. The summed E-state index contributed by atoms with van der Waals surface area (Å²) in [5.41, 5.74) is -0.475. The zero-order valence-corrected chi connectivity index (χ0v) is 11.9. The molecule has 0 aromatic carbocycles. The molecule has 2 N–H and O–H groups in total. The average Bonchev–Trinajstić information content (AvgIpc) is 2.64. The standard InChI is InChI=1S/C12H18BrNOS/c1-14-9-4-6-12(15,7-5-9)8-10-2-3-11(13)16-10/h2-3,9,14-15H,4-8H2,1H3. The van der Waals surface area contributed by atoms with Crippen molar-refractivity contribution in [1.82, 2.24) is 5.32 Å². The maximum atomic E-state index is 10.5. The summed E-state index contributed by atoms with van der Waals surface area (Å²) in [6, 6.07) is 4.76. The molecule has 90 valence electrons. The smallest absolute Gasteiger partial charge is 0.0701 e. The Bertz CT molecular complexity index is 345. The summed E-state index contributed by atoms with van der Waals surface area (Å²) in [5.74, 6) is 0. The van der Waals surface area contributed by atoms with Gasteiger partial charge in [-0.25, -0.2) is 0 Å². The van der Waals surface area contributed by atoms with Crippen LogP contribution in [0.2, 0.25) is 0 Å². The molecule has 1 aliphatic carbocycles. The molecule has 0 saturated heterocycles. The zero-order valence-electron chi connectivity index (χ0n) is 9.50. The second-order valence-corrected chi connectivity index (χ2v) is 7.22. The molecule has 0 spiro atoms. The second kappa shape index (κ2) is 5.17. The highest BCUT2D eigenvalue weighted by Crippen LogP contribution is 2.34. The van der Waals surface area contributed by atoms with Gasteiger partial charge in [0.15, 0.2) is 0 Å². The van der Waals surface area contributed by atoms with E-state index < -0.39 is 5.60 Å². The van der Waals surface area contributed by atoms with Crippen molar-refractivity contribution in [2.45, 2.75) is 43.7 Å². The molecule has 1 aromatic rings. The third kappa shape index (κ3) is 3.06. The van der Waals surface area contributed by atoms with Crippen molar-refractivity contribution in [1.29, 1.82) is 0 Å². The molecule has 1 saturated carbocycles. The van der Waals surface area contributed by atoms with Crippen LogP contribution < -0.4 is 5.32 Å². The van der Waals surface area contributed by atoms with Gasteiger partial charge in [0.05, 0.1) is 9.39 Å². The summed E-state index contributed by atoms with van der Waals surface area (Å²) in [5, 5.41) is 13.8. The van der Waals surface area contributed by atoms with Crippen molar-refractivity contribution in [3.8, 4) is 0 Å². The summed E-state index contributed by atoms with van der Waals surface area (Å²) in [6.07, 6.45) is 4.79. The van der Waals surface area contributed by atoms with Crippen molar-refractivity contribution in [3.05, 3.63) is 20.8 Å². The van der Waals surface area contributed by atoms with Gasteiger partial charge in [-0.2, -0.15) is 0 Å². The highest BCUT2D eigenvalue weighted by Gasteiger charge is 2.33. The average molecular weight is 304 g/mol. The van der Waals surface area contributed by atoms with Gasteiger partial charge in [0, 0.05) is 17.3 Å². The van der Waals surface area contributed by atoms with Crippen LogP contribution in [0.1, 0.15) is 30.6 Å². The van der Waals surface area contributed by atoms with E-state index >= 15 is 0 Å². The predicted octanol–water partition coefficient (Wildman–Crippen LogP) is 2.95. The molecule has 1 aromatic heterocycles. The van der Waals surface area contributed by atoms with Crippen LogP contribution in [-0.4, -0.2) is 23.8 Å². The van der Waals surface area contributed by atoms with Crippen molar-refractivity contribution >= 4 is 27.3 Å². The maximum Gasteiger partial charge on any atom is 0.0701 e. The Morgan fingerprint density at radius 3 is 2.69 bits per heavy atom. The third-order valence-electron chi connectivity index (χ3n) is 3.46. The number of hydrogen-bond acceptors (Lipinski definition) is 3. The molecule has 4 heteroatoms. The van der Waals surface area contributed by atoms with Crippen LogP contribution in [-0.2, 0) is 6.42 Å². The highest BCUT2D eigenvalue weighted by atomic mass is 79.9. The van der Waals surface area contributed by atoms with E-state index in [-0.39, 0.29) is 0 Å². The van der Waals surface area contributed by atoms with Crippen LogP contribution in [0.5, 0.6) is 0 Å². The molecule has 2 rings (SSSR count).